The fourth-order valence-corrected chi connectivity index (χ4v) is 2.99. The molecule has 4 nitrogen and oxygen atoms in total. The number of halogens is 1. The molecule has 2 rings (SSSR count). The molecule has 0 spiro atoms. The summed E-state index contributed by atoms with van der Waals surface area (Å²) >= 11 is 6.38. The molecule has 5 heteroatoms. The molecule has 0 amide bonds. The summed E-state index contributed by atoms with van der Waals surface area (Å²) in [5.41, 5.74) is 4.34. The van der Waals surface area contributed by atoms with Gasteiger partial charge in [0.1, 0.15) is 5.75 Å². The van der Waals surface area contributed by atoms with E-state index in [-0.39, 0.29) is 0 Å². The number of benzene rings is 1. The number of aryl methyl sites for hydroxylation is 1. The molecule has 1 heterocycles. The van der Waals surface area contributed by atoms with Gasteiger partial charge in [0, 0.05) is 17.0 Å². The van der Waals surface area contributed by atoms with Gasteiger partial charge in [-0.1, -0.05) is 18.5 Å². The largest absolute Gasteiger partial charge is 0.493 e. The first-order chi connectivity index (χ1) is 10.1. The van der Waals surface area contributed by atoms with Crippen LogP contribution in [0.4, 0.5) is 0 Å². The first kappa shape index (κ1) is 15.8. The predicted molar refractivity (Wildman–Crippen MR) is 85.2 cm³/mol. The van der Waals surface area contributed by atoms with Crippen molar-refractivity contribution in [2.75, 3.05) is 6.61 Å². The molecule has 0 fully saturated rings. The van der Waals surface area contributed by atoms with E-state index in [2.05, 4.69) is 29.3 Å². The molecule has 1 aromatic carbocycles. The average molecular weight is 308 g/mol. The standard InChI is InChI=1S/C16H22ClN3O/c1-5-12(8-13-9-18-20-19-13)15-11(4)14(17)7-10(3)16(15)21-6-2/h7,9,12H,5-6,8H2,1-4H3,(H,18,19,20). The number of nitrogens with one attached hydrogen (secondary N) is 1. The zero-order valence-electron chi connectivity index (χ0n) is 13.0. The molecule has 114 valence electrons. The van der Waals surface area contributed by atoms with Gasteiger partial charge in [-0.25, -0.2) is 0 Å². The van der Waals surface area contributed by atoms with Crippen LogP contribution in [0.2, 0.25) is 5.02 Å². The summed E-state index contributed by atoms with van der Waals surface area (Å²) < 4.78 is 5.90. The van der Waals surface area contributed by atoms with Crippen LogP contribution in [0, 0.1) is 13.8 Å². The minimum Gasteiger partial charge on any atom is -0.493 e. The number of rotatable bonds is 6. The molecule has 21 heavy (non-hydrogen) atoms. The second-order valence-corrected chi connectivity index (χ2v) is 5.65. The summed E-state index contributed by atoms with van der Waals surface area (Å²) in [6.07, 6.45) is 3.59. The number of aromatic amines is 1. The minimum atomic E-state index is 0.314. The van der Waals surface area contributed by atoms with Crippen LogP contribution in [0.15, 0.2) is 12.3 Å². The zero-order valence-corrected chi connectivity index (χ0v) is 13.8. The van der Waals surface area contributed by atoms with E-state index in [0.717, 1.165) is 40.4 Å². The maximum Gasteiger partial charge on any atom is 0.126 e. The Hall–Kier alpha value is -1.55. The number of aromatic nitrogens is 3. The van der Waals surface area contributed by atoms with Gasteiger partial charge in [-0.15, -0.1) is 0 Å². The van der Waals surface area contributed by atoms with E-state index in [4.69, 9.17) is 16.3 Å². The summed E-state index contributed by atoms with van der Waals surface area (Å²) in [5, 5.41) is 11.5. The Kier molecular flexibility index (Phi) is 5.23. The van der Waals surface area contributed by atoms with Crippen molar-refractivity contribution < 1.29 is 4.74 Å². The molecule has 0 aliphatic heterocycles. The Morgan fingerprint density at radius 1 is 1.33 bits per heavy atom. The predicted octanol–water partition coefficient (Wildman–Crippen LogP) is 4.21. The van der Waals surface area contributed by atoms with Gasteiger partial charge in [-0.2, -0.15) is 15.4 Å². The van der Waals surface area contributed by atoms with Crippen molar-refractivity contribution >= 4 is 11.6 Å². The minimum absolute atomic E-state index is 0.314. The van der Waals surface area contributed by atoms with Crippen molar-refractivity contribution in [2.24, 2.45) is 0 Å². The zero-order chi connectivity index (χ0) is 15.4. The van der Waals surface area contributed by atoms with Crippen molar-refractivity contribution in [3.05, 3.63) is 39.7 Å². The summed E-state index contributed by atoms with van der Waals surface area (Å²) in [6.45, 7) is 8.94. The lowest BCUT2D eigenvalue weighted by molar-refractivity contribution is 0.330. The van der Waals surface area contributed by atoms with Gasteiger partial charge in [0.25, 0.3) is 0 Å². The quantitative estimate of drug-likeness (QED) is 0.869. The first-order valence-electron chi connectivity index (χ1n) is 7.35. The van der Waals surface area contributed by atoms with Gasteiger partial charge in [-0.05, 0) is 50.3 Å². The lowest BCUT2D eigenvalue weighted by Gasteiger charge is -2.23. The van der Waals surface area contributed by atoms with E-state index < -0.39 is 0 Å². The number of hydrogen-bond acceptors (Lipinski definition) is 3. The normalized spacial score (nSPS) is 12.4. The van der Waals surface area contributed by atoms with Crippen LogP contribution >= 0.6 is 11.6 Å². The highest BCUT2D eigenvalue weighted by Crippen LogP contribution is 2.39. The van der Waals surface area contributed by atoms with Gasteiger partial charge < -0.3 is 4.74 Å². The van der Waals surface area contributed by atoms with Gasteiger partial charge in [0.2, 0.25) is 0 Å². The molecule has 2 aromatic rings. The summed E-state index contributed by atoms with van der Waals surface area (Å²) in [4.78, 5) is 0. The molecule has 1 aromatic heterocycles. The topological polar surface area (TPSA) is 50.8 Å². The van der Waals surface area contributed by atoms with Crippen molar-refractivity contribution in [1.29, 1.82) is 0 Å². The van der Waals surface area contributed by atoms with Crippen LogP contribution in [0.3, 0.4) is 0 Å². The van der Waals surface area contributed by atoms with Crippen LogP contribution in [-0.2, 0) is 6.42 Å². The Bertz CT molecular complexity index is 596. The third-order valence-corrected chi connectivity index (χ3v) is 4.21. The van der Waals surface area contributed by atoms with Crippen LogP contribution < -0.4 is 4.74 Å². The van der Waals surface area contributed by atoms with E-state index in [1.54, 1.807) is 6.20 Å². The molecule has 0 bridgehead atoms. The maximum atomic E-state index is 6.38. The molecule has 1 N–H and O–H groups in total. The van der Waals surface area contributed by atoms with E-state index >= 15 is 0 Å². The summed E-state index contributed by atoms with van der Waals surface area (Å²) in [7, 11) is 0. The molecule has 1 atom stereocenters. The van der Waals surface area contributed by atoms with Gasteiger partial charge in [-0.3, -0.25) is 0 Å². The Labute approximate surface area is 130 Å². The fourth-order valence-electron chi connectivity index (χ4n) is 2.73. The second-order valence-electron chi connectivity index (χ2n) is 5.25. The van der Waals surface area contributed by atoms with Gasteiger partial charge in [0.15, 0.2) is 0 Å². The smallest absolute Gasteiger partial charge is 0.126 e. The molecule has 0 aliphatic rings. The van der Waals surface area contributed by atoms with E-state index in [9.17, 15) is 0 Å². The van der Waals surface area contributed by atoms with E-state index in [1.165, 1.54) is 5.56 Å². The summed E-state index contributed by atoms with van der Waals surface area (Å²) in [5.74, 6) is 1.28. The second kappa shape index (κ2) is 6.94. The number of nitrogens with zero attached hydrogens (tertiary/aromatic N) is 2. The van der Waals surface area contributed by atoms with E-state index in [0.29, 0.717) is 12.5 Å². The average Bonchev–Trinajstić information content (AvgIpc) is 2.96. The van der Waals surface area contributed by atoms with Crippen molar-refractivity contribution in [2.45, 2.75) is 46.5 Å². The van der Waals surface area contributed by atoms with E-state index in [1.807, 2.05) is 19.9 Å². The van der Waals surface area contributed by atoms with Crippen LogP contribution in [0.5, 0.6) is 5.75 Å². The highest BCUT2D eigenvalue weighted by Gasteiger charge is 2.22. The Balaban J connectivity index is 2.47. The molecule has 0 saturated carbocycles. The van der Waals surface area contributed by atoms with Crippen molar-refractivity contribution in [1.82, 2.24) is 15.4 Å². The maximum absolute atomic E-state index is 6.38. The van der Waals surface area contributed by atoms with Gasteiger partial charge >= 0.3 is 0 Å². The number of ether oxygens (including phenoxy) is 1. The highest BCUT2D eigenvalue weighted by molar-refractivity contribution is 6.31. The number of H-pyrrole nitrogens is 1. The van der Waals surface area contributed by atoms with Crippen molar-refractivity contribution in [3.8, 4) is 5.75 Å². The summed E-state index contributed by atoms with van der Waals surface area (Å²) in [6, 6.07) is 1.98. The highest BCUT2D eigenvalue weighted by atomic mass is 35.5. The fraction of sp³-hybridized carbons (Fsp3) is 0.500. The number of hydrogen-bond donors (Lipinski definition) is 1. The molecule has 0 radical (unpaired) electrons. The van der Waals surface area contributed by atoms with Crippen LogP contribution in [-0.4, -0.2) is 22.0 Å². The molecule has 1 unspecified atom stereocenters. The first-order valence-corrected chi connectivity index (χ1v) is 7.73. The SMILES string of the molecule is CCOc1c(C)cc(Cl)c(C)c1C(CC)Cc1cn[nH]n1. The third-order valence-electron chi connectivity index (χ3n) is 3.82. The molecular formula is C16H22ClN3O. The molecule has 0 saturated heterocycles. The Morgan fingerprint density at radius 2 is 2.10 bits per heavy atom. The molecule has 0 aliphatic carbocycles. The monoisotopic (exact) mass is 307 g/mol. The van der Waals surface area contributed by atoms with Crippen LogP contribution in [0.25, 0.3) is 0 Å². The van der Waals surface area contributed by atoms with Gasteiger partial charge in [0.05, 0.1) is 18.5 Å². The molecular weight excluding hydrogens is 286 g/mol. The van der Waals surface area contributed by atoms with Crippen molar-refractivity contribution in [3.63, 3.8) is 0 Å². The Morgan fingerprint density at radius 3 is 2.67 bits per heavy atom. The third kappa shape index (κ3) is 3.38. The lowest BCUT2D eigenvalue weighted by atomic mass is 9.87. The van der Waals surface area contributed by atoms with Crippen LogP contribution in [0.1, 0.15) is 48.6 Å². The lowest BCUT2D eigenvalue weighted by Crippen LogP contribution is -2.09.